The Morgan fingerprint density at radius 2 is 1.50 bits per heavy atom. The minimum atomic E-state index is -0.524. The van der Waals surface area contributed by atoms with E-state index in [9.17, 15) is 9.18 Å². The number of methoxy groups -OCH3 is 5. The Bertz CT molecular complexity index is 1260. The van der Waals surface area contributed by atoms with Crippen molar-refractivity contribution >= 4 is 23.6 Å². The second-order valence-corrected chi connectivity index (χ2v) is 7.44. The summed E-state index contributed by atoms with van der Waals surface area (Å²) in [6.07, 6.45) is 6.38. The van der Waals surface area contributed by atoms with Gasteiger partial charge in [0.1, 0.15) is 5.75 Å². The highest BCUT2D eigenvalue weighted by molar-refractivity contribution is 6.04. The minimum Gasteiger partial charge on any atom is -0.497 e. The highest BCUT2D eigenvalue weighted by Gasteiger charge is 2.13. The van der Waals surface area contributed by atoms with Crippen molar-refractivity contribution in [1.82, 2.24) is 0 Å². The van der Waals surface area contributed by atoms with Gasteiger partial charge in [-0.3, -0.25) is 4.79 Å². The summed E-state index contributed by atoms with van der Waals surface area (Å²) < 4.78 is 40.9. The number of carbonyl (C=O) groups is 1. The topological polar surface area (TPSA) is 75.3 Å². The van der Waals surface area contributed by atoms with E-state index < -0.39 is 5.82 Å². The molecule has 0 heterocycles. The summed E-state index contributed by atoms with van der Waals surface area (Å²) in [4.78, 5) is 12.5. The quantitative estimate of drug-likeness (QED) is 0.204. The highest BCUT2D eigenvalue weighted by Crippen LogP contribution is 2.39. The molecule has 188 valence electrons. The molecule has 0 spiro atoms. The van der Waals surface area contributed by atoms with Gasteiger partial charge in [-0.2, -0.15) is 0 Å². The third kappa shape index (κ3) is 6.15. The zero-order chi connectivity index (χ0) is 26.1. The second kappa shape index (κ2) is 12.3. The molecule has 3 aromatic rings. The van der Waals surface area contributed by atoms with Crippen molar-refractivity contribution in [3.63, 3.8) is 0 Å². The van der Waals surface area contributed by atoms with Crippen molar-refractivity contribution in [2.75, 3.05) is 40.9 Å². The smallest absolute Gasteiger partial charge is 0.203 e. The van der Waals surface area contributed by atoms with Crippen LogP contribution in [0.5, 0.6) is 28.7 Å². The molecule has 7 nitrogen and oxygen atoms in total. The van der Waals surface area contributed by atoms with Crippen molar-refractivity contribution in [1.29, 1.82) is 0 Å². The first-order valence-electron chi connectivity index (χ1n) is 10.9. The molecule has 0 aliphatic heterocycles. The van der Waals surface area contributed by atoms with Crippen molar-refractivity contribution in [3.05, 3.63) is 83.3 Å². The van der Waals surface area contributed by atoms with E-state index in [0.29, 0.717) is 39.8 Å². The van der Waals surface area contributed by atoms with Crippen molar-refractivity contribution < 1.29 is 32.9 Å². The van der Waals surface area contributed by atoms with Gasteiger partial charge in [0.15, 0.2) is 28.8 Å². The first-order valence-corrected chi connectivity index (χ1v) is 10.9. The van der Waals surface area contributed by atoms with Crippen LogP contribution in [0.25, 0.3) is 12.2 Å². The predicted molar refractivity (Wildman–Crippen MR) is 138 cm³/mol. The molecule has 1 N–H and O–H groups in total. The lowest BCUT2D eigenvalue weighted by atomic mass is 10.1. The average molecular weight is 494 g/mol. The Labute approximate surface area is 209 Å². The molecule has 0 aliphatic carbocycles. The zero-order valence-corrected chi connectivity index (χ0v) is 20.8. The Kier molecular flexibility index (Phi) is 8.94. The molecule has 0 saturated carbocycles. The van der Waals surface area contributed by atoms with Gasteiger partial charge in [-0.05, 0) is 35.9 Å². The maximum absolute atomic E-state index is 14.5. The van der Waals surface area contributed by atoms with Crippen molar-refractivity contribution in [3.8, 4) is 28.7 Å². The van der Waals surface area contributed by atoms with Crippen LogP contribution >= 0.6 is 0 Å². The molecule has 8 heteroatoms. The largest absolute Gasteiger partial charge is 0.497 e. The van der Waals surface area contributed by atoms with Crippen LogP contribution in [0.15, 0.2) is 60.8 Å². The van der Waals surface area contributed by atoms with Crippen LogP contribution < -0.4 is 29.0 Å². The summed E-state index contributed by atoms with van der Waals surface area (Å²) >= 11 is 0. The normalized spacial score (nSPS) is 10.9. The zero-order valence-electron chi connectivity index (χ0n) is 20.8. The van der Waals surface area contributed by atoms with E-state index in [0.717, 1.165) is 5.56 Å². The van der Waals surface area contributed by atoms with E-state index in [4.69, 9.17) is 23.7 Å². The maximum atomic E-state index is 14.5. The Morgan fingerprint density at radius 3 is 2.11 bits per heavy atom. The number of hydrogen-bond acceptors (Lipinski definition) is 7. The van der Waals surface area contributed by atoms with Gasteiger partial charge in [0, 0.05) is 35.2 Å². The minimum absolute atomic E-state index is 0.0648. The fraction of sp³-hybridized carbons (Fsp3) is 0.179. The summed E-state index contributed by atoms with van der Waals surface area (Å²) in [5.41, 5.74) is 2.29. The Hall–Kier alpha value is -4.46. The molecule has 0 bridgehead atoms. The van der Waals surface area contributed by atoms with Gasteiger partial charge in [-0.25, -0.2) is 4.39 Å². The van der Waals surface area contributed by atoms with Crippen LogP contribution in [0.2, 0.25) is 0 Å². The van der Waals surface area contributed by atoms with Crippen LogP contribution in [0.1, 0.15) is 21.5 Å². The SMILES string of the molecule is COc1cccc(C(=O)/C=C\Nc2cc(OC)c(F)cc2/C=C\c2cc(OC)c(OC)c(OC)c2)c1. The number of ether oxygens (including phenoxy) is 5. The number of halogens is 1. The fourth-order valence-corrected chi connectivity index (χ4v) is 3.45. The molecule has 3 rings (SSSR count). The number of allylic oxidation sites excluding steroid dienone is 1. The number of nitrogens with one attached hydrogen (secondary N) is 1. The summed E-state index contributed by atoms with van der Waals surface area (Å²) in [6.45, 7) is 0. The van der Waals surface area contributed by atoms with Gasteiger partial charge in [-0.1, -0.05) is 24.3 Å². The molecule has 36 heavy (non-hydrogen) atoms. The van der Waals surface area contributed by atoms with E-state index in [-0.39, 0.29) is 11.5 Å². The van der Waals surface area contributed by atoms with Crippen molar-refractivity contribution in [2.45, 2.75) is 0 Å². The van der Waals surface area contributed by atoms with E-state index >= 15 is 0 Å². The van der Waals surface area contributed by atoms with Crippen LogP contribution in [0.3, 0.4) is 0 Å². The third-order valence-corrected chi connectivity index (χ3v) is 5.29. The molecule has 0 unspecified atom stereocenters. The highest BCUT2D eigenvalue weighted by atomic mass is 19.1. The van der Waals surface area contributed by atoms with Crippen LogP contribution in [-0.2, 0) is 0 Å². The lowest BCUT2D eigenvalue weighted by molar-refractivity contribution is 0.104. The first-order chi connectivity index (χ1) is 17.4. The Balaban J connectivity index is 1.90. The van der Waals surface area contributed by atoms with Crippen molar-refractivity contribution in [2.24, 2.45) is 0 Å². The molecule has 0 aliphatic rings. The van der Waals surface area contributed by atoms with E-state index in [1.54, 1.807) is 48.6 Å². The third-order valence-electron chi connectivity index (χ3n) is 5.29. The molecular weight excluding hydrogens is 465 g/mol. The van der Waals surface area contributed by atoms with E-state index in [1.807, 2.05) is 0 Å². The molecule has 0 saturated heterocycles. The summed E-state index contributed by atoms with van der Waals surface area (Å²) in [5.74, 6) is 1.37. The van der Waals surface area contributed by atoms with E-state index in [2.05, 4.69) is 5.32 Å². The number of anilines is 1. The summed E-state index contributed by atoms with van der Waals surface area (Å²) in [7, 11) is 7.52. The number of hydrogen-bond donors (Lipinski definition) is 1. The van der Waals surface area contributed by atoms with Gasteiger partial charge in [0.25, 0.3) is 0 Å². The van der Waals surface area contributed by atoms with Gasteiger partial charge in [0.2, 0.25) is 5.75 Å². The van der Waals surface area contributed by atoms with Gasteiger partial charge in [-0.15, -0.1) is 0 Å². The molecule has 0 atom stereocenters. The number of rotatable bonds is 11. The summed E-state index contributed by atoms with van der Waals surface area (Å²) in [6, 6.07) is 13.3. The maximum Gasteiger partial charge on any atom is 0.203 e. The number of carbonyl (C=O) groups excluding carboxylic acids is 1. The lowest BCUT2D eigenvalue weighted by Gasteiger charge is -2.13. The van der Waals surface area contributed by atoms with Crippen LogP contribution in [-0.4, -0.2) is 41.3 Å². The van der Waals surface area contributed by atoms with E-state index in [1.165, 1.54) is 60.0 Å². The first kappa shape index (κ1) is 26.2. The molecule has 0 fully saturated rings. The molecule has 0 aromatic heterocycles. The van der Waals surface area contributed by atoms with Gasteiger partial charge >= 0.3 is 0 Å². The van der Waals surface area contributed by atoms with Gasteiger partial charge < -0.3 is 29.0 Å². The monoisotopic (exact) mass is 493 g/mol. The Morgan fingerprint density at radius 1 is 0.806 bits per heavy atom. The van der Waals surface area contributed by atoms with Crippen LogP contribution in [0, 0.1) is 5.82 Å². The van der Waals surface area contributed by atoms with Gasteiger partial charge in [0.05, 0.1) is 35.5 Å². The number of benzene rings is 3. The molecule has 0 radical (unpaired) electrons. The lowest BCUT2D eigenvalue weighted by Crippen LogP contribution is -1.99. The standard InChI is InChI=1S/C28H28FNO6/c1-32-21-8-6-7-20(15-21)24(31)11-12-30-23-17-25(33-2)22(29)16-19(23)10-9-18-13-26(34-3)28(36-5)27(14-18)35-4/h6-17,30H,1-5H3/b10-9-,12-11-. The number of ketones is 1. The fourth-order valence-electron chi connectivity index (χ4n) is 3.45. The predicted octanol–water partition coefficient (Wildman–Crippen LogP) is 5.85. The molecule has 3 aromatic carbocycles. The average Bonchev–Trinajstić information content (AvgIpc) is 2.91. The second-order valence-electron chi connectivity index (χ2n) is 7.44. The molecule has 0 amide bonds. The van der Waals surface area contributed by atoms with Crippen LogP contribution in [0.4, 0.5) is 10.1 Å². The summed E-state index contributed by atoms with van der Waals surface area (Å²) in [5, 5.41) is 3.04. The molecular formula is C28H28FNO6.